The van der Waals surface area contributed by atoms with E-state index < -0.39 is 5.97 Å². The lowest BCUT2D eigenvalue weighted by Gasteiger charge is -2.35. The summed E-state index contributed by atoms with van der Waals surface area (Å²) in [6.07, 6.45) is 4.68. The Balaban J connectivity index is 2.06. The van der Waals surface area contributed by atoms with Gasteiger partial charge in [-0.15, -0.1) is 0 Å². The highest BCUT2D eigenvalue weighted by Crippen LogP contribution is 2.21. The molecule has 1 aliphatic heterocycles. The van der Waals surface area contributed by atoms with E-state index in [0.29, 0.717) is 6.54 Å². The summed E-state index contributed by atoms with van der Waals surface area (Å²) in [6, 6.07) is 3.61. The summed E-state index contributed by atoms with van der Waals surface area (Å²) >= 11 is 0. The number of piperidine rings is 1. The highest BCUT2D eigenvalue weighted by atomic mass is 16.4. The number of nitrogens with zero attached hydrogens (tertiary/aromatic N) is 2. The van der Waals surface area contributed by atoms with E-state index >= 15 is 0 Å². The van der Waals surface area contributed by atoms with E-state index in [0.717, 1.165) is 30.5 Å². The van der Waals surface area contributed by atoms with Gasteiger partial charge in [0.15, 0.2) is 0 Å². The Morgan fingerprint density at radius 3 is 2.95 bits per heavy atom. The third kappa shape index (κ3) is 3.56. The molecule has 2 heterocycles. The van der Waals surface area contributed by atoms with Gasteiger partial charge in [-0.25, -0.2) is 0 Å². The summed E-state index contributed by atoms with van der Waals surface area (Å²) in [6.45, 7) is 2.59. The second-order valence-corrected chi connectivity index (χ2v) is 5.28. The van der Waals surface area contributed by atoms with Crippen molar-refractivity contribution in [3.8, 4) is 0 Å². The quantitative estimate of drug-likeness (QED) is 0.910. The van der Waals surface area contributed by atoms with Crippen molar-refractivity contribution in [2.75, 3.05) is 6.54 Å². The zero-order valence-corrected chi connectivity index (χ0v) is 11.7. The molecule has 5 nitrogen and oxygen atoms in total. The van der Waals surface area contributed by atoms with E-state index in [4.69, 9.17) is 5.11 Å². The molecule has 0 spiro atoms. The van der Waals surface area contributed by atoms with Crippen molar-refractivity contribution in [1.82, 2.24) is 9.88 Å². The van der Waals surface area contributed by atoms with Crippen molar-refractivity contribution < 1.29 is 14.7 Å². The Morgan fingerprint density at radius 2 is 2.25 bits per heavy atom. The van der Waals surface area contributed by atoms with Crippen LogP contribution in [0.3, 0.4) is 0 Å². The molecule has 108 valence electrons. The van der Waals surface area contributed by atoms with Gasteiger partial charge in [-0.3, -0.25) is 14.6 Å². The van der Waals surface area contributed by atoms with E-state index in [1.165, 1.54) is 0 Å². The van der Waals surface area contributed by atoms with Crippen LogP contribution >= 0.6 is 0 Å². The van der Waals surface area contributed by atoms with E-state index in [1.807, 2.05) is 19.1 Å². The van der Waals surface area contributed by atoms with Crippen LogP contribution in [0.2, 0.25) is 0 Å². The topological polar surface area (TPSA) is 70.5 Å². The van der Waals surface area contributed by atoms with Crippen molar-refractivity contribution in [3.05, 3.63) is 29.6 Å². The van der Waals surface area contributed by atoms with Gasteiger partial charge in [0.2, 0.25) is 5.91 Å². The minimum Gasteiger partial charge on any atom is -0.481 e. The smallest absolute Gasteiger partial charge is 0.305 e. The molecule has 1 saturated heterocycles. The second kappa shape index (κ2) is 6.50. The second-order valence-electron chi connectivity index (χ2n) is 5.28. The average molecular weight is 276 g/mol. The summed E-state index contributed by atoms with van der Waals surface area (Å²) in [5, 5.41) is 8.95. The standard InChI is InChI=1S/C15H20N2O3/c1-11-5-4-7-16-13(11)10-14(18)17-8-3-2-6-12(17)9-15(19)20/h4-5,7,12H,2-3,6,8-10H2,1H3,(H,19,20). The molecule has 20 heavy (non-hydrogen) atoms. The lowest BCUT2D eigenvalue weighted by atomic mass is 9.98. The number of carbonyl (C=O) groups is 2. The maximum Gasteiger partial charge on any atom is 0.305 e. The highest BCUT2D eigenvalue weighted by Gasteiger charge is 2.28. The summed E-state index contributed by atoms with van der Waals surface area (Å²) < 4.78 is 0. The summed E-state index contributed by atoms with van der Waals surface area (Å²) in [5.74, 6) is -0.860. The molecule has 1 aliphatic rings. The minimum atomic E-state index is -0.844. The summed E-state index contributed by atoms with van der Waals surface area (Å²) in [7, 11) is 0. The molecule has 1 unspecified atom stereocenters. The van der Waals surface area contributed by atoms with Crippen LogP contribution in [0.25, 0.3) is 0 Å². The molecular weight excluding hydrogens is 256 g/mol. The van der Waals surface area contributed by atoms with E-state index in [2.05, 4.69) is 4.98 Å². The Hall–Kier alpha value is -1.91. The molecule has 0 bridgehead atoms. The van der Waals surface area contributed by atoms with Gasteiger partial charge < -0.3 is 10.0 Å². The monoisotopic (exact) mass is 276 g/mol. The number of likely N-dealkylation sites (tertiary alicyclic amines) is 1. The first-order valence-electron chi connectivity index (χ1n) is 6.99. The molecule has 0 aromatic carbocycles. The van der Waals surface area contributed by atoms with Crippen LogP contribution in [0.4, 0.5) is 0 Å². The fraction of sp³-hybridized carbons (Fsp3) is 0.533. The number of amides is 1. The van der Waals surface area contributed by atoms with E-state index in [1.54, 1.807) is 11.1 Å². The molecule has 0 aliphatic carbocycles. The molecular formula is C15H20N2O3. The van der Waals surface area contributed by atoms with Crippen molar-refractivity contribution in [2.45, 2.75) is 45.1 Å². The number of hydrogen-bond acceptors (Lipinski definition) is 3. The van der Waals surface area contributed by atoms with Crippen LogP contribution in [-0.2, 0) is 16.0 Å². The number of aliphatic carboxylic acids is 1. The first kappa shape index (κ1) is 14.5. The molecule has 1 fully saturated rings. The zero-order valence-electron chi connectivity index (χ0n) is 11.7. The molecule has 1 atom stereocenters. The van der Waals surface area contributed by atoms with Crippen molar-refractivity contribution in [1.29, 1.82) is 0 Å². The molecule has 5 heteroatoms. The molecule has 1 amide bonds. The van der Waals surface area contributed by atoms with Crippen molar-refractivity contribution >= 4 is 11.9 Å². The van der Waals surface area contributed by atoms with Crippen LogP contribution in [0.1, 0.15) is 36.9 Å². The highest BCUT2D eigenvalue weighted by molar-refractivity contribution is 5.80. The van der Waals surface area contributed by atoms with Gasteiger partial charge in [-0.1, -0.05) is 6.07 Å². The van der Waals surface area contributed by atoms with Crippen LogP contribution in [0.5, 0.6) is 0 Å². The maximum atomic E-state index is 12.4. The van der Waals surface area contributed by atoms with Gasteiger partial charge in [0.05, 0.1) is 18.5 Å². The SMILES string of the molecule is Cc1cccnc1CC(=O)N1CCCCC1CC(=O)O. The fourth-order valence-corrected chi connectivity index (χ4v) is 2.69. The third-order valence-electron chi connectivity index (χ3n) is 3.79. The molecule has 2 rings (SSSR count). The van der Waals surface area contributed by atoms with E-state index in [-0.39, 0.29) is 24.8 Å². The minimum absolute atomic E-state index is 0.0160. The van der Waals surface area contributed by atoms with Crippen LogP contribution in [0, 0.1) is 6.92 Å². The Labute approximate surface area is 118 Å². The summed E-state index contributed by atoms with van der Waals surface area (Å²) in [5.41, 5.74) is 1.77. The van der Waals surface area contributed by atoms with Crippen molar-refractivity contribution in [2.24, 2.45) is 0 Å². The molecule has 1 N–H and O–H groups in total. The number of carboxylic acids is 1. The van der Waals surface area contributed by atoms with Gasteiger partial charge in [-0.2, -0.15) is 0 Å². The van der Waals surface area contributed by atoms with Gasteiger partial charge in [0.1, 0.15) is 0 Å². The van der Waals surface area contributed by atoms with Gasteiger partial charge >= 0.3 is 5.97 Å². The number of aryl methyl sites for hydroxylation is 1. The predicted molar refractivity (Wildman–Crippen MR) is 74.3 cm³/mol. The number of carboxylic acid groups (broad SMARTS) is 1. The maximum absolute atomic E-state index is 12.4. The molecule has 1 aromatic heterocycles. The predicted octanol–water partition coefficient (Wildman–Crippen LogP) is 1.79. The first-order chi connectivity index (χ1) is 9.58. The Morgan fingerprint density at radius 1 is 1.45 bits per heavy atom. The lowest BCUT2D eigenvalue weighted by molar-refractivity contribution is -0.141. The number of pyridine rings is 1. The van der Waals surface area contributed by atoms with Gasteiger partial charge in [0.25, 0.3) is 0 Å². The van der Waals surface area contributed by atoms with Crippen LogP contribution in [0.15, 0.2) is 18.3 Å². The molecule has 0 radical (unpaired) electrons. The number of aromatic nitrogens is 1. The molecule has 0 saturated carbocycles. The number of rotatable bonds is 4. The Bertz CT molecular complexity index is 502. The number of carbonyl (C=O) groups excluding carboxylic acids is 1. The number of hydrogen-bond donors (Lipinski definition) is 1. The van der Waals surface area contributed by atoms with Crippen LogP contribution in [-0.4, -0.2) is 39.5 Å². The van der Waals surface area contributed by atoms with Gasteiger partial charge in [0, 0.05) is 18.8 Å². The zero-order chi connectivity index (χ0) is 14.5. The Kier molecular flexibility index (Phi) is 4.71. The normalized spacial score (nSPS) is 18.9. The van der Waals surface area contributed by atoms with E-state index in [9.17, 15) is 9.59 Å². The average Bonchev–Trinajstić information content (AvgIpc) is 2.41. The first-order valence-corrected chi connectivity index (χ1v) is 6.99. The fourth-order valence-electron chi connectivity index (χ4n) is 2.69. The lowest BCUT2D eigenvalue weighted by Crippen LogP contribution is -2.45. The molecule has 1 aromatic rings. The summed E-state index contributed by atoms with van der Waals surface area (Å²) in [4.78, 5) is 29.3. The third-order valence-corrected chi connectivity index (χ3v) is 3.79. The largest absolute Gasteiger partial charge is 0.481 e. The van der Waals surface area contributed by atoms with Crippen molar-refractivity contribution in [3.63, 3.8) is 0 Å². The van der Waals surface area contributed by atoms with Crippen LogP contribution < -0.4 is 0 Å². The van der Waals surface area contributed by atoms with Gasteiger partial charge in [-0.05, 0) is 37.8 Å².